The van der Waals surface area contributed by atoms with Gasteiger partial charge in [-0.15, -0.1) is 0 Å². The summed E-state index contributed by atoms with van der Waals surface area (Å²) in [5, 5.41) is 9.29. The minimum Gasteiger partial charge on any atom is -0.493 e. The average Bonchev–Trinajstić information content (AvgIpc) is 2.46. The van der Waals surface area contributed by atoms with Crippen LogP contribution in [0.2, 0.25) is 5.02 Å². The fraction of sp³-hybridized carbons (Fsp3) is 0.133. The molecule has 0 amide bonds. The Hall–Kier alpha value is -2.20. The van der Waals surface area contributed by atoms with Gasteiger partial charge in [0.05, 0.1) is 19.8 Å². The van der Waals surface area contributed by atoms with Crippen LogP contribution in [0.25, 0.3) is 11.1 Å². The number of para-hydroxylation sites is 1. The Kier molecular flexibility index (Phi) is 4.15. The monoisotopic (exact) mass is 292 g/mol. The Labute approximate surface area is 121 Å². The third kappa shape index (κ3) is 2.56. The number of hydrogen-bond donors (Lipinski definition) is 1. The van der Waals surface area contributed by atoms with Crippen molar-refractivity contribution in [3.8, 4) is 22.6 Å². The van der Waals surface area contributed by atoms with E-state index in [-0.39, 0.29) is 5.56 Å². The van der Waals surface area contributed by atoms with E-state index in [9.17, 15) is 4.79 Å². The van der Waals surface area contributed by atoms with Gasteiger partial charge in [0.1, 0.15) is 0 Å². The van der Waals surface area contributed by atoms with E-state index in [0.717, 1.165) is 5.56 Å². The molecule has 1 N–H and O–H groups in total. The first-order valence-corrected chi connectivity index (χ1v) is 6.20. The summed E-state index contributed by atoms with van der Waals surface area (Å²) >= 11 is 6.17. The molecule has 0 aliphatic heterocycles. The third-order valence-electron chi connectivity index (χ3n) is 2.91. The van der Waals surface area contributed by atoms with E-state index in [1.165, 1.54) is 12.1 Å². The standard InChI is InChI=1S/C15H13ClO4/c1-19-13-5-3-4-11(14(13)20-2)10-7-6-9(15(17)18)8-12(10)16/h3-8H,1-2H3,(H,17,18). The summed E-state index contributed by atoms with van der Waals surface area (Å²) in [5.74, 6) is 0.124. The zero-order valence-electron chi connectivity index (χ0n) is 11.0. The van der Waals surface area contributed by atoms with Crippen LogP contribution in [0.1, 0.15) is 10.4 Å². The lowest BCUT2D eigenvalue weighted by molar-refractivity contribution is 0.0697. The van der Waals surface area contributed by atoms with E-state index in [2.05, 4.69) is 0 Å². The molecule has 0 aliphatic carbocycles. The Balaban J connectivity index is 2.60. The first-order valence-electron chi connectivity index (χ1n) is 5.82. The van der Waals surface area contributed by atoms with Crippen LogP contribution >= 0.6 is 11.6 Å². The molecule has 0 aliphatic rings. The van der Waals surface area contributed by atoms with E-state index < -0.39 is 5.97 Å². The molecule has 0 spiro atoms. The van der Waals surface area contributed by atoms with E-state index in [4.69, 9.17) is 26.2 Å². The van der Waals surface area contributed by atoms with E-state index in [0.29, 0.717) is 22.1 Å². The fourth-order valence-corrected chi connectivity index (χ4v) is 2.25. The van der Waals surface area contributed by atoms with Gasteiger partial charge in [0, 0.05) is 16.1 Å². The molecule has 0 aromatic heterocycles. The highest BCUT2D eigenvalue weighted by atomic mass is 35.5. The van der Waals surface area contributed by atoms with Crippen molar-refractivity contribution in [2.75, 3.05) is 14.2 Å². The minimum absolute atomic E-state index is 0.139. The topological polar surface area (TPSA) is 55.8 Å². The molecule has 20 heavy (non-hydrogen) atoms. The highest BCUT2D eigenvalue weighted by molar-refractivity contribution is 6.33. The molecular formula is C15H13ClO4. The molecule has 2 aromatic carbocycles. The van der Waals surface area contributed by atoms with Crippen LogP contribution < -0.4 is 9.47 Å². The largest absolute Gasteiger partial charge is 0.493 e. The normalized spacial score (nSPS) is 10.2. The molecule has 104 valence electrons. The summed E-state index contributed by atoms with van der Waals surface area (Å²) in [7, 11) is 3.09. The number of carbonyl (C=O) groups is 1. The minimum atomic E-state index is -1.02. The second-order valence-corrected chi connectivity index (χ2v) is 4.45. The second kappa shape index (κ2) is 5.84. The maximum atomic E-state index is 10.9. The molecule has 0 atom stereocenters. The van der Waals surface area contributed by atoms with Gasteiger partial charge in [0.2, 0.25) is 0 Å². The number of halogens is 1. The van der Waals surface area contributed by atoms with Crippen LogP contribution in [0, 0.1) is 0 Å². The van der Waals surface area contributed by atoms with Gasteiger partial charge in [-0.3, -0.25) is 0 Å². The maximum Gasteiger partial charge on any atom is 0.335 e. The van der Waals surface area contributed by atoms with E-state index in [1.807, 2.05) is 12.1 Å². The van der Waals surface area contributed by atoms with Crippen molar-refractivity contribution in [2.24, 2.45) is 0 Å². The Morgan fingerprint density at radius 2 is 1.85 bits per heavy atom. The van der Waals surface area contributed by atoms with Crippen LogP contribution in [0.4, 0.5) is 0 Å². The van der Waals surface area contributed by atoms with Crippen LogP contribution in [0.15, 0.2) is 36.4 Å². The van der Waals surface area contributed by atoms with Gasteiger partial charge < -0.3 is 14.6 Å². The molecule has 4 nitrogen and oxygen atoms in total. The van der Waals surface area contributed by atoms with Crippen LogP contribution in [-0.4, -0.2) is 25.3 Å². The molecule has 5 heteroatoms. The van der Waals surface area contributed by atoms with Gasteiger partial charge >= 0.3 is 5.97 Å². The van der Waals surface area contributed by atoms with Crippen molar-refractivity contribution in [3.05, 3.63) is 47.0 Å². The number of aromatic carboxylic acids is 1. The predicted octanol–water partition coefficient (Wildman–Crippen LogP) is 3.72. The quantitative estimate of drug-likeness (QED) is 0.933. The Morgan fingerprint density at radius 1 is 1.10 bits per heavy atom. The van der Waals surface area contributed by atoms with Gasteiger partial charge in [-0.05, 0) is 18.2 Å². The van der Waals surface area contributed by atoms with Gasteiger partial charge in [0.25, 0.3) is 0 Å². The van der Waals surface area contributed by atoms with Crippen molar-refractivity contribution in [2.45, 2.75) is 0 Å². The lowest BCUT2D eigenvalue weighted by atomic mass is 10.0. The van der Waals surface area contributed by atoms with Gasteiger partial charge in [0.15, 0.2) is 11.5 Å². The molecule has 0 heterocycles. The number of carboxylic acids is 1. The van der Waals surface area contributed by atoms with Crippen molar-refractivity contribution in [1.82, 2.24) is 0 Å². The van der Waals surface area contributed by atoms with Crippen LogP contribution in [0.3, 0.4) is 0 Å². The van der Waals surface area contributed by atoms with Crippen molar-refractivity contribution in [3.63, 3.8) is 0 Å². The summed E-state index contributed by atoms with van der Waals surface area (Å²) in [5.41, 5.74) is 1.57. The molecule has 0 bridgehead atoms. The highest BCUT2D eigenvalue weighted by Crippen LogP contribution is 2.40. The van der Waals surface area contributed by atoms with Crippen molar-refractivity contribution < 1.29 is 19.4 Å². The Morgan fingerprint density at radius 3 is 2.40 bits per heavy atom. The molecular weight excluding hydrogens is 280 g/mol. The smallest absolute Gasteiger partial charge is 0.335 e. The first kappa shape index (κ1) is 14.2. The van der Waals surface area contributed by atoms with Crippen LogP contribution in [0.5, 0.6) is 11.5 Å². The summed E-state index contributed by atoms with van der Waals surface area (Å²) in [6.07, 6.45) is 0. The van der Waals surface area contributed by atoms with Gasteiger partial charge in [-0.25, -0.2) is 4.79 Å². The molecule has 0 radical (unpaired) electrons. The number of ether oxygens (including phenoxy) is 2. The average molecular weight is 293 g/mol. The van der Waals surface area contributed by atoms with E-state index in [1.54, 1.807) is 26.4 Å². The highest BCUT2D eigenvalue weighted by Gasteiger charge is 2.15. The number of rotatable bonds is 4. The molecule has 2 rings (SSSR count). The number of hydrogen-bond acceptors (Lipinski definition) is 3. The predicted molar refractivity (Wildman–Crippen MR) is 77.0 cm³/mol. The SMILES string of the molecule is COc1cccc(-c2ccc(C(=O)O)cc2Cl)c1OC. The summed E-state index contributed by atoms with van der Waals surface area (Å²) < 4.78 is 10.6. The number of carboxylic acid groups (broad SMARTS) is 1. The van der Waals surface area contributed by atoms with Crippen molar-refractivity contribution in [1.29, 1.82) is 0 Å². The van der Waals surface area contributed by atoms with Crippen LogP contribution in [-0.2, 0) is 0 Å². The zero-order chi connectivity index (χ0) is 14.7. The summed E-state index contributed by atoms with van der Waals surface area (Å²) in [4.78, 5) is 10.9. The summed E-state index contributed by atoms with van der Waals surface area (Å²) in [6.45, 7) is 0. The first-order chi connectivity index (χ1) is 9.58. The molecule has 0 saturated carbocycles. The third-order valence-corrected chi connectivity index (χ3v) is 3.22. The van der Waals surface area contributed by atoms with Gasteiger partial charge in [-0.1, -0.05) is 29.8 Å². The molecule has 0 unspecified atom stereocenters. The fourth-order valence-electron chi connectivity index (χ4n) is 1.97. The number of benzene rings is 2. The molecule has 0 saturated heterocycles. The molecule has 2 aromatic rings. The maximum absolute atomic E-state index is 10.9. The van der Waals surface area contributed by atoms with Crippen molar-refractivity contribution >= 4 is 17.6 Å². The lowest BCUT2D eigenvalue weighted by Gasteiger charge is -2.13. The number of methoxy groups -OCH3 is 2. The lowest BCUT2D eigenvalue weighted by Crippen LogP contribution is -1.97. The zero-order valence-corrected chi connectivity index (χ0v) is 11.8. The Bertz CT molecular complexity index is 652. The van der Waals surface area contributed by atoms with Gasteiger partial charge in [-0.2, -0.15) is 0 Å². The summed E-state index contributed by atoms with van der Waals surface area (Å²) in [6, 6.07) is 10.0. The van der Waals surface area contributed by atoms with E-state index >= 15 is 0 Å². The molecule has 0 fully saturated rings. The second-order valence-electron chi connectivity index (χ2n) is 4.04.